The first-order valence-electron chi connectivity index (χ1n) is 16.9. The number of hydrogen-bond acceptors (Lipinski definition) is 11. The molecule has 2 saturated heterocycles. The van der Waals surface area contributed by atoms with Gasteiger partial charge >= 0.3 is 0 Å². The second-order valence-corrected chi connectivity index (χ2v) is 19.8. The molecule has 0 unspecified atom stereocenters. The van der Waals surface area contributed by atoms with E-state index in [1.54, 1.807) is 44.6 Å². The number of benzene rings is 2. The van der Waals surface area contributed by atoms with Crippen molar-refractivity contribution in [3.8, 4) is 22.9 Å². The number of thioether (sulfide) groups is 1. The fraction of sp³-hybridized carbons (Fsp3) is 0.543. The van der Waals surface area contributed by atoms with Gasteiger partial charge in [0.25, 0.3) is 11.8 Å². The summed E-state index contributed by atoms with van der Waals surface area (Å²) in [5.41, 5.74) is 2.24. The van der Waals surface area contributed by atoms with Crippen LogP contribution in [0.3, 0.4) is 0 Å². The standard InChI is InChI=1S/C18H25N3O3S.C17H23N3O3S2/c1-13-8-9-14(16-19-17(20-24-16)18(2,3)4)12-15(13)25(22,23)21-10-6-5-7-11-21;1-12-5-6-13(15-18-16(19-23-15)17(2,3)4)11-14(12)25(21,22)20-7-9-24-10-8-20/h8-9,12H,5-7,10-11H2,1-4H3;5-6,11H,7-10H2,1-4H3. The maximum absolute atomic E-state index is 13.0. The van der Waals surface area contributed by atoms with E-state index in [1.165, 1.54) is 0 Å². The van der Waals surface area contributed by atoms with Gasteiger partial charge < -0.3 is 9.05 Å². The molecule has 0 spiro atoms. The van der Waals surface area contributed by atoms with E-state index in [0.29, 0.717) is 70.5 Å². The van der Waals surface area contributed by atoms with Gasteiger partial charge in [-0.15, -0.1) is 0 Å². The number of nitrogens with zero attached hydrogens (tertiary/aromatic N) is 6. The summed E-state index contributed by atoms with van der Waals surface area (Å²) in [5, 5.41) is 8.04. The van der Waals surface area contributed by atoms with Crippen LogP contribution in [0.2, 0.25) is 0 Å². The van der Waals surface area contributed by atoms with Crippen molar-refractivity contribution in [2.24, 2.45) is 0 Å². The van der Waals surface area contributed by atoms with Crippen molar-refractivity contribution in [1.29, 1.82) is 0 Å². The van der Waals surface area contributed by atoms with Crippen LogP contribution in [0.5, 0.6) is 0 Å². The third-order valence-electron chi connectivity index (χ3n) is 8.58. The lowest BCUT2D eigenvalue weighted by molar-refractivity contribution is 0.346. The number of aryl methyl sites for hydroxylation is 2. The summed E-state index contributed by atoms with van der Waals surface area (Å²) in [5.74, 6) is 3.55. The van der Waals surface area contributed by atoms with Gasteiger partial charge in [0, 0.05) is 59.6 Å². The molecule has 2 aromatic heterocycles. The number of aromatic nitrogens is 4. The van der Waals surface area contributed by atoms with Crippen LogP contribution in [0.1, 0.15) is 83.6 Å². The van der Waals surface area contributed by atoms with Gasteiger partial charge in [-0.3, -0.25) is 0 Å². The topological polar surface area (TPSA) is 153 Å². The highest BCUT2D eigenvalue weighted by Crippen LogP contribution is 2.31. The fourth-order valence-electron chi connectivity index (χ4n) is 5.48. The highest BCUT2D eigenvalue weighted by atomic mass is 32.2. The van der Waals surface area contributed by atoms with Gasteiger partial charge in [0.1, 0.15) is 0 Å². The van der Waals surface area contributed by atoms with Gasteiger partial charge in [-0.2, -0.15) is 30.3 Å². The zero-order valence-corrected chi connectivity index (χ0v) is 32.6. The number of sulfonamides is 2. The van der Waals surface area contributed by atoms with Crippen LogP contribution in [-0.2, 0) is 30.9 Å². The second-order valence-electron chi connectivity index (χ2n) is 14.8. The summed E-state index contributed by atoms with van der Waals surface area (Å²) in [4.78, 5) is 9.49. The molecule has 0 aliphatic carbocycles. The Morgan fingerprint density at radius 2 is 1.02 bits per heavy atom. The van der Waals surface area contributed by atoms with Gasteiger partial charge in [0.15, 0.2) is 11.6 Å². The highest BCUT2D eigenvalue weighted by molar-refractivity contribution is 7.99. The molecule has 0 atom stereocenters. The Hall–Kier alpha value is -3.11. The van der Waals surface area contributed by atoms with Crippen LogP contribution >= 0.6 is 11.8 Å². The normalized spacial score (nSPS) is 17.0. The van der Waals surface area contributed by atoms with Crippen molar-refractivity contribution < 1.29 is 25.9 Å². The molecular formula is C35H48N6O6S3. The molecule has 2 fully saturated rings. The monoisotopic (exact) mass is 744 g/mol. The highest BCUT2D eigenvalue weighted by Gasteiger charge is 2.30. The van der Waals surface area contributed by atoms with Gasteiger partial charge in [0.05, 0.1) is 9.79 Å². The molecule has 4 aromatic rings. The third kappa shape index (κ3) is 8.50. The Morgan fingerprint density at radius 3 is 1.40 bits per heavy atom. The van der Waals surface area contributed by atoms with Gasteiger partial charge in [-0.1, -0.05) is 70.4 Å². The molecule has 0 N–H and O–H groups in total. The lowest BCUT2D eigenvalue weighted by atomic mass is 9.96. The Kier molecular flexibility index (Phi) is 11.3. The molecule has 0 radical (unpaired) electrons. The van der Waals surface area contributed by atoms with Crippen molar-refractivity contribution in [3.05, 3.63) is 59.2 Å². The Labute approximate surface area is 300 Å². The average molecular weight is 745 g/mol. The molecule has 0 saturated carbocycles. The third-order valence-corrected chi connectivity index (χ3v) is 13.6. The number of rotatable bonds is 6. The molecule has 0 bridgehead atoms. The predicted molar refractivity (Wildman–Crippen MR) is 195 cm³/mol. The van der Waals surface area contributed by atoms with Crippen molar-refractivity contribution in [2.75, 3.05) is 37.7 Å². The SMILES string of the molecule is Cc1ccc(-c2nc(C(C)(C)C)no2)cc1S(=O)(=O)N1CCCCC1.Cc1ccc(-c2nc(C(C)(C)C)no2)cc1S(=O)(=O)N1CCSCC1. The first kappa shape index (κ1) is 38.1. The van der Waals surface area contributed by atoms with Gasteiger partial charge in [-0.05, 0) is 62.1 Å². The average Bonchev–Trinajstić information content (AvgIpc) is 3.78. The largest absolute Gasteiger partial charge is 0.334 e. The number of piperidine rings is 1. The molecule has 6 rings (SSSR count). The summed E-state index contributed by atoms with van der Waals surface area (Å²) in [6, 6.07) is 10.5. The molecule has 15 heteroatoms. The van der Waals surface area contributed by atoms with Gasteiger partial charge in [-0.25, -0.2) is 16.8 Å². The maximum Gasteiger partial charge on any atom is 0.257 e. The van der Waals surface area contributed by atoms with Crippen LogP contribution in [-0.4, -0.2) is 83.4 Å². The Balaban J connectivity index is 0.000000194. The van der Waals surface area contributed by atoms with E-state index in [-0.39, 0.29) is 10.8 Å². The van der Waals surface area contributed by atoms with Crippen LogP contribution in [0.25, 0.3) is 22.9 Å². The van der Waals surface area contributed by atoms with E-state index in [4.69, 9.17) is 9.05 Å². The van der Waals surface area contributed by atoms with E-state index in [2.05, 4.69) is 20.3 Å². The maximum atomic E-state index is 13.0. The van der Waals surface area contributed by atoms with Crippen molar-refractivity contribution in [1.82, 2.24) is 28.9 Å². The Morgan fingerprint density at radius 1 is 0.620 bits per heavy atom. The van der Waals surface area contributed by atoms with Gasteiger partial charge in [0.2, 0.25) is 20.0 Å². The molecule has 2 aliphatic heterocycles. The van der Waals surface area contributed by atoms with Crippen LogP contribution in [0.15, 0.2) is 55.2 Å². The van der Waals surface area contributed by atoms with Crippen LogP contribution < -0.4 is 0 Å². The quantitative estimate of drug-likeness (QED) is 0.210. The lowest BCUT2D eigenvalue weighted by Gasteiger charge is -2.26. The molecular weight excluding hydrogens is 697 g/mol. The van der Waals surface area contributed by atoms with E-state index >= 15 is 0 Å². The molecule has 4 heterocycles. The van der Waals surface area contributed by atoms with E-state index in [9.17, 15) is 16.8 Å². The van der Waals surface area contributed by atoms with Crippen molar-refractivity contribution in [2.45, 2.75) is 95.3 Å². The molecule has 2 aliphatic rings. The summed E-state index contributed by atoms with van der Waals surface area (Å²) >= 11 is 1.78. The molecule has 272 valence electrons. The smallest absolute Gasteiger partial charge is 0.257 e. The molecule has 12 nitrogen and oxygen atoms in total. The first-order valence-corrected chi connectivity index (χ1v) is 20.9. The zero-order valence-electron chi connectivity index (χ0n) is 30.2. The Bertz CT molecular complexity index is 1870. The minimum atomic E-state index is -3.51. The molecule has 0 amide bonds. The lowest BCUT2D eigenvalue weighted by Crippen LogP contribution is -2.38. The molecule has 2 aromatic carbocycles. The minimum Gasteiger partial charge on any atom is -0.334 e. The van der Waals surface area contributed by atoms with E-state index < -0.39 is 20.0 Å². The molecule has 50 heavy (non-hydrogen) atoms. The summed E-state index contributed by atoms with van der Waals surface area (Å²) in [7, 11) is -7.02. The minimum absolute atomic E-state index is 0.227. The summed E-state index contributed by atoms with van der Waals surface area (Å²) in [6.07, 6.45) is 2.91. The second kappa shape index (κ2) is 14.9. The fourth-order valence-corrected chi connectivity index (χ4v) is 10.1. The summed E-state index contributed by atoms with van der Waals surface area (Å²) < 4.78 is 65.9. The van der Waals surface area contributed by atoms with E-state index in [1.807, 2.05) is 67.5 Å². The van der Waals surface area contributed by atoms with Crippen molar-refractivity contribution in [3.63, 3.8) is 0 Å². The number of hydrogen-bond donors (Lipinski definition) is 0. The zero-order chi connectivity index (χ0) is 36.5. The van der Waals surface area contributed by atoms with Crippen LogP contribution in [0, 0.1) is 13.8 Å². The van der Waals surface area contributed by atoms with Crippen LogP contribution in [0.4, 0.5) is 0 Å². The van der Waals surface area contributed by atoms with E-state index in [0.717, 1.165) is 41.9 Å². The summed E-state index contributed by atoms with van der Waals surface area (Å²) in [6.45, 7) is 17.9. The predicted octanol–water partition coefficient (Wildman–Crippen LogP) is 6.60. The van der Waals surface area contributed by atoms with Crippen molar-refractivity contribution >= 4 is 31.8 Å². The first-order chi connectivity index (χ1) is 23.4.